The lowest BCUT2D eigenvalue weighted by atomic mass is 9.93. The zero-order valence-corrected chi connectivity index (χ0v) is 29.3. The minimum Gasteiger partial charge on any atom is -0.465 e. The molecule has 61 heavy (non-hydrogen) atoms. The van der Waals surface area contributed by atoms with Gasteiger partial charge < -0.3 is 9.47 Å². The van der Waals surface area contributed by atoms with Gasteiger partial charge in [-0.1, -0.05) is 17.7 Å². The van der Waals surface area contributed by atoms with Crippen LogP contribution >= 0.6 is 0 Å². The number of esters is 2. The monoisotopic (exact) mass is 980 g/mol. The van der Waals surface area contributed by atoms with Gasteiger partial charge in [-0.2, -0.15) is 123 Å². The van der Waals surface area contributed by atoms with Gasteiger partial charge in [0.05, 0.1) is 37.4 Å². The average molecular weight is 980 g/mol. The molecule has 0 spiro atoms. The van der Waals surface area contributed by atoms with E-state index in [0.29, 0.717) is 12.1 Å². The molecule has 0 amide bonds. The fourth-order valence-corrected chi connectivity index (χ4v) is 4.90. The predicted molar refractivity (Wildman–Crippen MR) is 141 cm³/mol. The van der Waals surface area contributed by atoms with Gasteiger partial charge in [-0.25, -0.2) is 4.79 Å². The van der Waals surface area contributed by atoms with E-state index in [0.717, 1.165) is 12.1 Å². The van der Waals surface area contributed by atoms with E-state index < -0.39 is 137 Å². The van der Waals surface area contributed by atoms with Crippen molar-refractivity contribution in [2.75, 3.05) is 13.2 Å². The highest BCUT2D eigenvalue weighted by Crippen LogP contribution is 2.62. The van der Waals surface area contributed by atoms with E-state index in [9.17, 15) is 132 Å². The normalized spacial score (nSPS) is 15.7. The Balaban J connectivity index is 3.38. The van der Waals surface area contributed by atoms with Crippen LogP contribution < -0.4 is 0 Å². The van der Waals surface area contributed by atoms with E-state index in [-0.39, 0.29) is 5.56 Å². The van der Waals surface area contributed by atoms with E-state index in [4.69, 9.17) is 0 Å². The van der Waals surface area contributed by atoms with Gasteiger partial charge in [-0.15, -0.1) is 0 Å². The molecule has 0 aliphatic rings. The van der Waals surface area contributed by atoms with E-state index in [1.54, 1.807) is 0 Å². The van der Waals surface area contributed by atoms with E-state index in [1.165, 1.54) is 6.92 Å². The fourth-order valence-electron chi connectivity index (χ4n) is 3.86. The summed E-state index contributed by atoms with van der Waals surface area (Å²) < 4.78 is 383. The number of carbonyl (C=O) groups excluding carboxylic acids is 2. The lowest BCUT2D eigenvalue weighted by Crippen LogP contribution is -2.70. The summed E-state index contributed by atoms with van der Waals surface area (Å²) in [5, 5.41) is 0. The van der Waals surface area contributed by atoms with Crippen molar-refractivity contribution in [3.63, 3.8) is 0 Å². The first kappa shape index (κ1) is 55.3. The Hall–Kier alpha value is -3.75. The molecular weight excluding hydrogens is 962 g/mol. The zero-order valence-electron chi connectivity index (χ0n) is 28.5. The molecule has 0 bridgehead atoms. The molecule has 0 aromatic heterocycles. The maximum absolute atomic E-state index is 14.1. The van der Waals surface area contributed by atoms with Crippen LogP contribution in [0.3, 0.4) is 0 Å². The largest absolute Gasteiger partial charge is 0.465 e. The van der Waals surface area contributed by atoms with Crippen LogP contribution in [0.1, 0.15) is 24.8 Å². The first-order valence-electron chi connectivity index (χ1n) is 14.8. The second kappa shape index (κ2) is 16.7. The van der Waals surface area contributed by atoms with Crippen molar-refractivity contribution in [1.29, 1.82) is 0 Å². The van der Waals surface area contributed by atoms with Crippen LogP contribution in [0.2, 0.25) is 0 Å². The van der Waals surface area contributed by atoms with Crippen LogP contribution in [0.4, 0.5) is 114 Å². The highest BCUT2D eigenvalue weighted by atomic mass is 32.2. The van der Waals surface area contributed by atoms with Crippen LogP contribution in [-0.4, -0.2) is 111 Å². The molecule has 1 aromatic rings. The molecule has 0 saturated carbocycles. The number of benzene rings is 1. The third-order valence-electron chi connectivity index (χ3n) is 7.50. The molecule has 0 aliphatic heterocycles. The van der Waals surface area contributed by atoms with Crippen LogP contribution in [-0.2, 0) is 33.4 Å². The summed E-state index contributed by atoms with van der Waals surface area (Å²) in [4.78, 5) is 23.5. The second-order valence-electron chi connectivity index (χ2n) is 11.9. The summed E-state index contributed by atoms with van der Waals surface area (Å²) in [6, 6.07) is 3.12. The summed E-state index contributed by atoms with van der Waals surface area (Å²) in [5.41, 5.74) is 0.250. The van der Waals surface area contributed by atoms with Gasteiger partial charge in [-0.05, 0) is 19.1 Å². The minimum absolute atomic E-state index is 0.250. The molecule has 0 N–H and O–H groups in total. The lowest BCUT2D eigenvalue weighted by molar-refractivity contribution is -0.440. The van der Waals surface area contributed by atoms with Crippen LogP contribution in [0.15, 0.2) is 29.2 Å². The number of carbonyl (C=O) groups is 2. The molecular formula is C27H18F26O7S. The number of halogens is 26. The molecule has 1 unspecified atom stereocenters. The Morgan fingerprint density at radius 1 is 0.492 bits per heavy atom. The van der Waals surface area contributed by atoms with Crippen molar-refractivity contribution in [2.24, 2.45) is 0 Å². The summed E-state index contributed by atoms with van der Waals surface area (Å²) in [6.07, 6.45) is -27.8. The van der Waals surface area contributed by atoms with Gasteiger partial charge in [0, 0.05) is 0 Å². The SMILES string of the molecule is Cc1ccc(S(=O)(=O)OC(CC(=O)OCCC(F)(F)C(F)(F)C(F)(F)C(F)(F)C(F)(F)C(F)(F)F)C(=O)OCCC(F)(F)C(F)(F)C(F)(F)C(F)(F)C(F)(F)C(F)(F)F)cc1. The number of hydrogen-bond acceptors (Lipinski definition) is 7. The molecule has 0 saturated heterocycles. The van der Waals surface area contributed by atoms with Crippen molar-refractivity contribution in [3.8, 4) is 0 Å². The summed E-state index contributed by atoms with van der Waals surface area (Å²) >= 11 is 0. The van der Waals surface area contributed by atoms with Crippen LogP contribution in [0, 0.1) is 6.92 Å². The number of rotatable bonds is 20. The minimum atomic E-state index is -8.36. The smallest absolute Gasteiger partial charge is 0.460 e. The van der Waals surface area contributed by atoms with Gasteiger partial charge in [0.15, 0.2) is 6.10 Å². The average Bonchev–Trinajstić information content (AvgIpc) is 3.06. The molecule has 0 aliphatic carbocycles. The van der Waals surface area contributed by atoms with Crippen LogP contribution in [0.5, 0.6) is 0 Å². The molecule has 1 atom stereocenters. The number of alkyl halides is 26. The Bertz CT molecular complexity index is 1820. The molecule has 0 heterocycles. The fraction of sp³-hybridized carbons (Fsp3) is 0.704. The molecule has 34 heteroatoms. The molecule has 0 radical (unpaired) electrons. The quantitative estimate of drug-likeness (QED) is 0.0730. The van der Waals surface area contributed by atoms with Crippen molar-refractivity contribution in [3.05, 3.63) is 29.8 Å². The van der Waals surface area contributed by atoms with Crippen LogP contribution in [0.25, 0.3) is 0 Å². The predicted octanol–water partition coefficient (Wildman–Crippen LogP) is 9.80. The van der Waals surface area contributed by atoms with E-state index in [2.05, 4.69) is 13.7 Å². The van der Waals surface area contributed by atoms with Gasteiger partial charge in [0.25, 0.3) is 10.1 Å². The summed E-state index contributed by atoms with van der Waals surface area (Å²) in [5.74, 6) is -84.4. The first-order valence-corrected chi connectivity index (χ1v) is 16.2. The van der Waals surface area contributed by atoms with Gasteiger partial charge >= 0.3 is 83.5 Å². The second-order valence-corrected chi connectivity index (χ2v) is 13.5. The maximum atomic E-state index is 14.1. The maximum Gasteiger partial charge on any atom is 0.460 e. The van der Waals surface area contributed by atoms with Crippen molar-refractivity contribution < 1.29 is 146 Å². The van der Waals surface area contributed by atoms with Gasteiger partial charge in [0.2, 0.25) is 0 Å². The topological polar surface area (TPSA) is 96.0 Å². The molecule has 0 fully saturated rings. The standard InChI is InChI=1S/C27H18F26O7S/c1-11-2-4-12(5-3-11)61(56,57)60-13(15(55)59-9-7-17(30,31)19(34,35)21(38,39)23(42,43)25(46,47)27(51,52)53)10-14(54)58-8-6-16(28,29)18(32,33)20(36,37)22(40,41)24(44,45)26(48,49)50/h2-5,13H,6-10H2,1H3. The zero-order chi connectivity index (χ0) is 48.9. The summed E-state index contributed by atoms with van der Waals surface area (Å²) in [6.45, 7) is -3.89. The summed E-state index contributed by atoms with van der Waals surface area (Å²) in [7, 11) is -5.56. The molecule has 356 valence electrons. The number of aryl methyl sites for hydroxylation is 1. The third-order valence-corrected chi connectivity index (χ3v) is 8.84. The Morgan fingerprint density at radius 2 is 0.803 bits per heavy atom. The van der Waals surface area contributed by atoms with E-state index in [1.807, 2.05) is 0 Å². The Morgan fingerprint density at radius 3 is 1.13 bits per heavy atom. The van der Waals surface area contributed by atoms with Crippen molar-refractivity contribution >= 4 is 22.1 Å². The van der Waals surface area contributed by atoms with Gasteiger partial charge in [0.1, 0.15) is 0 Å². The van der Waals surface area contributed by atoms with Crippen molar-refractivity contribution in [1.82, 2.24) is 0 Å². The molecule has 7 nitrogen and oxygen atoms in total. The molecule has 1 rings (SSSR count). The molecule has 1 aromatic carbocycles. The third kappa shape index (κ3) is 9.91. The highest BCUT2D eigenvalue weighted by Gasteiger charge is 2.92. The van der Waals surface area contributed by atoms with E-state index >= 15 is 0 Å². The Labute approximate surface area is 320 Å². The first-order chi connectivity index (χ1) is 26.6. The Kier molecular flexibility index (Phi) is 15.2. The van der Waals surface area contributed by atoms with Crippen molar-refractivity contribution in [2.45, 2.75) is 109 Å². The number of ether oxygens (including phenoxy) is 2. The lowest BCUT2D eigenvalue weighted by Gasteiger charge is -2.39. The highest BCUT2D eigenvalue weighted by molar-refractivity contribution is 7.86. The van der Waals surface area contributed by atoms with Gasteiger partial charge in [-0.3, -0.25) is 8.98 Å². The number of hydrogen-bond donors (Lipinski definition) is 0.